The van der Waals surface area contributed by atoms with Gasteiger partial charge in [-0.05, 0) is 31.2 Å². The summed E-state index contributed by atoms with van der Waals surface area (Å²) < 4.78 is 34.6. The lowest BCUT2D eigenvalue weighted by atomic mass is 9.87. The van der Waals surface area contributed by atoms with Crippen molar-refractivity contribution in [1.82, 2.24) is 0 Å². The van der Waals surface area contributed by atoms with Crippen molar-refractivity contribution in [2.45, 2.75) is 23.8 Å². The molecule has 2 atom stereocenters. The van der Waals surface area contributed by atoms with E-state index in [1.165, 1.54) is 0 Å². The van der Waals surface area contributed by atoms with Gasteiger partial charge in [0.05, 0.1) is 10.6 Å². The number of benzene rings is 3. The minimum atomic E-state index is -3.66. The van der Waals surface area contributed by atoms with Crippen molar-refractivity contribution in [2.24, 2.45) is 0 Å². The summed E-state index contributed by atoms with van der Waals surface area (Å²) in [6.07, 6.45) is -0.150. The molecule has 3 aromatic rings. The number of para-hydroxylation sites is 2. The van der Waals surface area contributed by atoms with Crippen molar-refractivity contribution in [1.29, 1.82) is 0 Å². The fourth-order valence-corrected chi connectivity index (χ4v) is 5.56. The highest BCUT2D eigenvalue weighted by atomic mass is 32.2. The SMILES string of the molecule is Cc1ccc(S(=O)(=O)N2C[C@@H]3c4ccccc4O[C@@H]3c3ccccc32)cc1. The summed E-state index contributed by atoms with van der Waals surface area (Å²) in [7, 11) is -3.66. The molecule has 4 nitrogen and oxygen atoms in total. The van der Waals surface area contributed by atoms with Crippen LogP contribution >= 0.6 is 0 Å². The summed E-state index contributed by atoms with van der Waals surface area (Å²) >= 11 is 0. The lowest BCUT2D eigenvalue weighted by molar-refractivity contribution is 0.207. The number of aryl methyl sites for hydroxylation is 1. The third kappa shape index (κ3) is 2.46. The molecular formula is C22H19NO3S. The molecule has 2 aliphatic rings. The van der Waals surface area contributed by atoms with Gasteiger partial charge in [-0.15, -0.1) is 0 Å². The number of ether oxygens (including phenoxy) is 1. The van der Waals surface area contributed by atoms with Crippen LogP contribution in [0.25, 0.3) is 0 Å². The van der Waals surface area contributed by atoms with E-state index in [1.807, 2.05) is 67.6 Å². The first kappa shape index (κ1) is 16.4. The van der Waals surface area contributed by atoms with Gasteiger partial charge in [-0.2, -0.15) is 0 Å². The average molecular weight is 377 g/mol. The van der Waals surface area contributed by atoms with Crippen molar-refractivity contribution in [3.63, 3.8) is 0 Å². The largest absolute Gasteiger partial charge is 0.485 e. The number of hydrogen-bond donors (Lipinski definition) is 0. The number of sulfonamides is 1. The molecule has 0 aliphatic carbocycles. The van der Waals surface area contributed by atoms with Gasteiger partial charge in [0.1, 0.15) is 11.9 Å². The molecular weight excluding hydrogens is 358 g/mol. The lowest BCUT2D eigenvalue weighted by Crippen LogP contribution is -2.40. The molecule has 0 amide bonds. The van der Waals surface area contributed by atoms with Crippen LogP contribution in [0, 0.1) is 6.92 Å². The molecule has 0 unspecified atom stereocenters. The maximum atomic E-state index is 13.4. The summed E-state index contributed by atoms with van der Waals surface area (Å²) in [6.45, 7) is 2.32. The Labute approximate surface area is 159 Å². The summed E-state index contributed by atoms with van der Waals surface area (Å²) in [6, 6.07) is 22.6. The predicted octanol–water partition coefficient (Wildman–Crippen LogP) is 4.42. The minimum absolute atomic E-state index is 0.0173. The van der Waals surface area contributed by atoms with Crippen LogP contribution in [0.1, 0.15) is 28.7 Å². The molecule has 5 rings (SSSR count). The second-order valence-corrected chi connectivity index (χ2v) is 8.95. The molecule has 2 aliphatic heterocycles. The van der Waals surface area contributed by atoms with E-state index in [-0.39, 0.29) is 12.0 Å². The van der Waals surface area contributed by atoms with Crippen molar-refractivity contribution >= 4 is 15.7 Å². The number of rotatable bonds is 2. The first-order valence-corrected chi connectivity index (χ1v) is 10.4. The van der Waals surface area contributed by atoms with Crippen LogP contribution in [0.3, 0.4) is 0 Å². The van der Waals surface area contributed by atoms with Gasteiger partial charge in [-0.1, -0.05) is 54.1 Å². The zero-order chi connectivity index (χ0) is 18.6. The molecule has 136 valence electrons. The van der Waals surface area contributed by atoms with Gasteiger partial charge in [0.25, 0.3) is 10.0 Å². The van der Waals surface area contributed by atoms with E-state index in [1.54, 1.807) is 16.4 Å². The van der Waals surface area contributed by atoms with Gasteiger partial charge in [-0.25, -0.2) is 8.42 Å². The third-order valence-corrected chi connectivity index (χ3v) is 7.22. The highest BCUT2D eigenvalue weighted by Crippen LogP contribution is 2.52. The number of nitrogens with zero attached hydrogens (tertiary/aromatic N) is 1. The molecule has 0 saturated carbocycles. The Bertz CT molecular complexity index is 1120. The lowest BCUT2D eigenvalue weighted by Gasteiger charge is -2.36. The van der Waals surface area contributed by atoms with Crippen molar-refractivity contribution in [3.05, 3.63) is 89.5 Å². The summed E-state index contributed by atoms with van der Waals surface area (Å²) in [4.78, 5) is 0.313. The summed E-state index contributed by atoms with van der Waals surface area (Å²) in [5.74, 6) is 0.827. The maximum absolute atomic E-state index is 13.4. The molecule has 3 aromatic carbocycles. The van der Waals surface area contributed by atoms with Crippen LogP contribution in [0.5, 0.6) is 5.75 Å². The molecule has 5 heteroatoms. The Kier molecular flexibility index (Phi) is 3.56. The van der Waals surface area contributed by atoms with Crippen molar-refractivity contribution in [2.75, 3.05) is 10.8 Å². The Hall–Kier alpha value is -2.79. The highest BCUT2D eigenvalue weighted by Gasteiger charge is 2.44. The van der Waals surface area contributed by atoms with Gasteiger partial charge >= 0.3 is 0 Å². The van der Waals surface area contributed by atoms with Crippen molar-refractivity contribution in [3.8, 4) is 5.75 Å². The van der Waals surface area contributed by atoms with Crippen LogP contribution in [0.15, 0.2) is 77.7 Å². The Balaban J connectivity index is 1.66. The van der Waals surface area contributed by atoms with E-state index in [0.717, 1.165) is 22.4 Å². The monoisotopic (exact) mass is 377 g/mol. The van der Waals surface area contributed by atoms with E-state index >= 15 is 0 Å². The number of anilines is 1. The van der Waals surface area contributed by atoms with Gasteiger partial charge in [-0.3, -0.25) is 4.31 Å². The molecule has 0 spiro atoms. The number of hydrogen-bond acceptors (Lipinski definition) is 3. The van der Waals surface area contributed by atoms with E-state index in [2.05, 4.69) is 0 Å². The van der Waals surface area contributed by atoms with Crippen LogP contribution in [0.2, 0.25) is 0 Å². The predicted molar refractivity (Wildman–Crippen MR) is 105 cm³/mol. The summed E-state index contributed by atoms with van der Waals surface area (Å²) in [5, 5.41) is 0. The van der Waals surface area contributed by atoms with Gasteiger partial charge in [0.2, 0.25) is 0 Å². The first-order chi connectivity index (χ1) is 13.1. The van der Waals surface area contributed by atoms with Crippen LogP contribution in [-0.2, 0) is 10.0 Å². The zero-order valence-electron chi connectivity index (χ0n) is 14.9. The molecule has 0 N–H and O–H groups in total. The number of fused-ring (bicyclic) bond motifs is 5. The zero-order valence-corrected chi connectivity index (χ0v) is 15.7. The molecule has 0 fully saturated rings. The molecule has 0 aromatic heterocycles. The molecule has 0 saturated heterocycles. The summed E-state index contributed by atoms with van der Waals surface area (Å²) in [5.41, 5.74) is 3.72. The Morgan fingerprint density at radius 1 is 0.889 bits per heavy atom. The fourth-order valence-electron chi connectivity index (χ4n) is 4.05. The highest BCUT2D eigenvalue weighted by molar-refractivity contribution is 7.92. The van der Waals surface area contributed by atoms with Gasteiger partial charge in [0.15, 0.2) is 0 Å². The topological polar surface area (TPSA) is 46.6 Å². The molecule has 0 radical (unpaired) electrons. The fraction of sp³-hybridized carbons (Fsp3) is 0.182. The first-order valence-electron chi connectivity index (χ1n) is 8.99. The van der Waals surface area contributed by atoms with E-state index in [9.17, 15) is 8.42 Å². The molecule has 27 heavy (non-hydrogen) atoms. The van der Waals surface area contributed by atoms with Crippen molar-refractivity contribution < 1.29 is 13.2 Å². The minimum Gasteiger partial charge on any atom is -0.485 e. The molecule has 0 bridgehead atoms. The molecule has 2 heterocycles. The van der Waals surface area contributed by atoms with Crippen LogP contribution < -0.4 is 9.04 Å². The second-order valence-electron chi connectivity index (χ2n) is 7.09. The standard InChI is InChI=1S/C22H19NO3S/c1-15-10-12-16(13-11-15)27(24,25)23-14-19-17-6-3-5-9-21(17)26-22(19)18-7-2-4-8-20(18)23/h2-13,19,22H,14H2,1H3/t19-,22-/m1/s1. The maximum Gasteiger partial charge on any atom is 0.264 e. The van der Waals surface area contributed by atoms with Crippen LogP contribution in [0.4, 0.5) is 5.69 Å². The Morgan fingerprint density at radius 3 is 2.33 bits per heavy atom. The Morgan fingerprint density at radius 2 is 1.56 bits per heavy atom. The average Bonchev–Trinajstić information content (AvgIpc) is 3.06. The third-order valence-electron chi connectivity index (χ3n) is 5.42. The van der Waals surface area contributed by atoms with E-state index in [0.29, 0.717) is 17.1 Å². The smallest absolute Gasteiger partial charge is 0.264 e. The quantitative estimate of drug-likeness (QED) is 0.664. The van der Waals surface area contributed by atoms with Gasteiger partial charge in [0, 0.05) is 23.6 Å². The van der Waals surface area contributed by atoms with Gasteiger partial charge < -0.3 is 4.74 Å². The second kappa shape index (κ2) is 5.86. The normalized spacial score (nSPS) is 20.4. The van der Waals surface area contributed by atoms with E-state index in [4.69, 9.17) is 4.74 Å². The van der Waals surface area contributed by atoms with E-state index < -0.39 is 10.0 Å². The van der Waals surface area contributed by atoms with Crippen LogP contribution in [-0.4, -0.2) is 15.0 Å².